The van der Waals surface area contributed by atoms with E-state index in [4.69, 9.17) is 9.52 Å². The fourth-order valence-electron chi connectivity index (χ4n) is 2.85. The molecule has 4 aromatic rings. The Morgan fingerprint density at radius 2 is 1.70 bits per heavy atom. The van der Waals surface area contributed by atoms with E-state index in [-0.39, 0.29) is 12.0 Å². The van der Waals surface area contributed by atoms with E-state index in [1.54, 1.807) is 0 Å². The summed E-state index contributed by atoms with van der Waals surface area (Å²) in [7, 11) is 0. The van der Waals surface area contributed by atoms with Crippen LogP contribution in [0.4, 0.5) is 0 Å². The molecule has 112 valence electrons. The predicted molar refractivity (Wildman–Crippen MR) is 91.3 cm³/mol. The van der Waals surface area contributed by atoms with Gasteiger partial charge in [-0.1, -0.05) is 54.6 Å². The van der Waals surface area contributed by atoms with E-state index >= 15 is 0 Å². The molecule has 0 aliphatic rings. The van der Waals surface area contributed by atoms with Crippen molar-refractivity contribution in [3.05, 3.63) is 82.5 Å². The van der Waals surface area contributed by atoms with Gasteiger partial charge in [-0.25, -0.2) is 0 Å². The molecule has 0 bridgehead atoms. The zero-order chi connectivity index (χ0) is 15.8. The van der Waals surface area contributed by atoms with Gasteiger partial charge in [-0.05, 0) is 22.4 Å². The van der Waals surface area contributed by atoms with Gasteiger partial charge in [0.1, 0.15) is 11.3 Å². The third-order valence-corrected chi connectivity index (χ3v) is 4.04. The van der Waals surface area contributed by atoms with Crippen LogP contribution >= 0.6 is 0 Å². The van der Waals surface area contributed by atoms with Crippen LogP contribution < -0.4 is 5.43 Å². The van der Waals surface area contributed by atoms with E-state index in [1.807, 2.05) is 60.7 Å². The Morgan fingerprint density at radius 1 is 0.913 bits per heavy atom. The Hall–Kier alpha value is -2.91. The van der Waals surface area contributed by atoms with Gasteiger partial charge in [-0.2, -0.15) is 0 Å². The second kappa shape index (κ2) is 5.38. The molecule has 3 heteroatoms. The SMILES string of the molecule is O=c1cc(-c2ccc(CO)cc2)oc2ccc3ccccc3c12. The average molecular weight is 302 g/mol. The number of fused-ring (bicyclic) bond motifs is 3. The van der Waals surface area contributed by atoms with Crippen molar-refractivity contribution < 1.29 is 9.52 Å². The molecule has 0 unspecified atom stereocenters. The molecule has 0 radical (unpaired) electrons. The Kier molecular flexibility index (Phi) is 3.21. The highest BCUT2D eigenvalue weighted by molar-refractivity contribution is 6.05. The van der Waals surface area contributed by atoms with Gasteiger partial charge < -0.3 is 9.52 Å². The van der Waals surface area contributed by atoms with Crippen LogP contribution in [0.25, 0.3) is 33.1 Å². The minimum Gasteiger partial charge on any atom is -0.456 e. The molecule has 0 fully saturated rings. The van der Waals surface area contributed by atoms with Crippen LogP contribution in [-0.4, -0.2) is 5.11 Å². The normalized spacial score (nSPS) is 11.2. The molecule has 1 heterocycles. The largest absolute Gasteiger partial charge is 0.456 e. The second-order valence-electron chi connectivity index (χ2n) is 5.49. The Balaban J connectivity index is 1.96. The summed E-state index contributed by atoms with van der Waals surface area (Å²) >= 11 is 0. The van der Waals surface area contributed by atoms with Crippen LogP contribution in [-0.2, 0) is 6.61 Å². The summed E-state index contributed by atoms with van der Waals surface area (Å²) in [5.74, 6) is 0.530. The van der Waals surface area contributed by atoms with Crippen LogP contribution in [0.1, 0.15) is 5.56 Å². The topological polar surface area (TPSA) is 50.4 Å². The third kappa shape index (κ3) is 2.31. The molecule has 1 N–H and O–H groups in total. The molecule has 0 spiro atoms. The lowest BCUT2D eigenvalue weighted by atomic mass is 10.0. The summed E-state index contributed by atoms with van der Waals surface area (Å²) < 4.78 is 5.95. The lowest BCUT2D eigenvalue weighted by Gasteiger charge is -2.06. The van der Waals surface area contributed by atoms with E-state index in [1.165, 1.54) is 6.07 Å². The number of rotatable bonds is 2. The molecular formula is C20H14O3. The molecule has 0 aliphatic heterocycles. The van der Waals surface area contributed by atoms with Crippen LogP contribution in [0.3, 0.4) is 0 Å². The molecule has 3 aromatic carbocycles. The monoisotopic (exact) mass is 302 g/mol. The predicted octanol–water partition coefficient (Wildman–Crippen LogP) is 4.11. The molecule has 0 saturated heterocycles. The van der Waals surface area contributed by atoms with Crippen LogP contribution in [0.15, 0.2) is 75.9 Å². The maximum absolute atomic E-state index is 12.6. The van der Waals surface area contributed by atoms with Crippen molar-refractivity contribution in [2.75, 3.05) is 0 Å². The first-order valence-corrected chi connectivity index (χ1v) is 7.42. The first-order valence-electron chi connectivity index (χ1n) is 7.42. The zero-order valence-corrected chi connectivity index (χ0v) is 12.3. The van der Waals surface area contributed by atoms with Crippen LogP contribution in [0.2, 0.25) is 0 Å². The van der Waals surface area contributed by atoms with Crippen molar-refractivity contribution in [2.45, 2.75) is 6.61 Å². The highest BCUT2D eigenvalue weighted by atomic mass is 16.3. The summed E-state index contributed by atoms with van der Waals surface area (Å²) in [6, 6.07) is 20.4. The third-order valence-electron chi connectivity index (χ3n) is 4.04. The molecule has 1 aromatic heterocycles. The molecule has 0 atom stereocenters. The maximum atomic E-state index is 12.6. The van der Waals surface area contributed by atoms with E-state index < -0.39 is 0 Å². The highest BCUT2D eigenvalue weighted by Crippen LogP contribution is 2.27. The number of hydrogen-bond acceptors (Lipinski definition) is 3. The summed E-state index contributed by atoms with van der Waals surface area (Å²) in [5.41, 5.74) is 2.17. The van der Waals surface area contributed by atoms with Crippen molar-refractivity contribution in [2.24, 2.45) is 0 Å². The quantitative estimate of drug-likeness (QED) is 0.567. The minimum absolute atomic E-state index is 0.00601. The van der Waals surface area contributed by atoms with Crippen molar-refractivity contribution in [3.63, 3.8) is 0 Å². The fourth-order valence-corrected chi connectivity index (χ4v) is 2.85. The Bertz CT molecular complexity index is 1060. The number of aliphatic hydroxyl groups excluding tert-OH is 1. The van der Waals surface area contributed by atoms with E-state index in [2.05, 4.69) is 0 Å². The first kappa shape index (κ1) is 13.7. The van der Waals surface area contributed by atoms with Gasteiger partial charge in [0.25, 0.3) is 0 Å². The van der Waals surface area contributed by atoms with Gasteiger partial charge in [0.15, 0.2) is 5.43 Å². The van der Waals surface area contributed by atoms with Gasteiger partial charge in [0.05, 0.1) is 12.0 Å². The fraction of sp³-hybridized carbons (Fsp3) is 0.0500. The number of hydrogen-bond donors (Lipinski definition) is 1. The second-order valence-corrected chi connectivity index (χ2v) is 5.49. The molecule has 4 rings (SSSR count). The van der Waals surface area contributed by atoms with E-state index in [0.29, 0.717) is 16.7 Å². The minimum atomic E-state index is -0.0516. The van der Waals surface area contributed by atoms with E-state index in [0.717, 1.165) is 21.9 Å². The summed E-state index contributed by atoms with van der Waals surface area (Å²) in [5, 5.41) is 11.6. The average Bonchev–Trinajstić information content (AvgIpc) is 2.61. The lowest BCUT2D eigenvalue weighted by molar-refractivity contribution is 0.282. The number of aliphatic hydroxyl groups is 1. The highest BCUT2D eigenvalue weighted by Gasteiger charge is 2.10. The van der Waals surface area contributed by atoms with Crippen LogP contribution in [0.5, 0.6) is 0 Å². The summed E-state index contributed by atoms with van der Waals surface area (Å²) in [6.45, 7) is -0.00601. The first-order chi connectivity index (χ1) is 11.3. The van der Waals surface area contributed by atoms with Gasteiger partial charge in [-0.3, -0.25) is 4.79 Å². The Morgan fingerprint density at radius 3 is 2.48 bits per heavy atom. The molecule has 0 aliphatic carbocycles. The van der Waals surface area contributed by atoms with Gasteiger partial charge >= 0.3 is 0 Å². The molecule has 0 amide bonds. The van der Waals surface area contributed by atoms with Gasteiger partial charge in [-0.15, -0.1) is 0 Å². The summed E-state index contributed by atoms with van der Waals surface area (Å²) in [6.07, 6.45) is 0. The van der Waals surface area contributed by atoms with E-state index in [9.17, 15) is 4.79 Å². The van der Waals surface area contributed by atoms with Crippen molar-refractivity contribution >= 4 is 21.7 Å². The smallest absolute Gasteiger partial charge is 0.193 e. The molecular weight excluding hydrogens is 288 g/mol. The molecule has 23 heavy (non-hydrogen) atoms. The van der Waals surface area contributed by atoms with Crippen molar-refractivity contribution in [3.8, 4) is 11.3 Å². The maximum Gasteiger partial charge on any atom is 0.193 e. The summed E-state index contributed by atoms with van der Waals surface area (Å²) in [4.78, 5) is 12.6. The van der Waals surface area contributed by atoms with Crippen molar-refractivity contribution in [1.82, 2.24) is 0 Å². The standard InChI is InChI=1S/C20H14O3/c21-12-13-5-7-15(8-6-13)19-11-17(22)20-16-4-2-1-3-14(16)9-10-18(20)23-19/h1-11,21H,12H2. The molecule has 3 nitrogen and oxygen atoms in total. The lowest BCUT2D eigenvalue weighted by Crippen LogP contribution is -2.01. The Labute approximate surface area is 132 Å². The van der Waals surface area contributed by atoms with Crippen LogP contribution in [0, 0.1) is 0 Å². The van der Waals surface area contributed by atoms with Gasteiger partial charge in [0, 0.05) is 11.6 Å². The van der Waals surface area contributed by atoms with Crippen molar-refractivity contribution in [1.29, 1.82) is 0 Å². The zero-order valence-electron chi connectivity index (χ0n) is 12.3. The number of benzene rings is 3. The van der Waals surface area contributed by atoms with Gasteiger partial charge in [0.2, 0.25) is 0 Å². The molecule has 0 saturated carbocycles.